The Balaban J connectivity index is 1.28. The lowest BCUT2D eigenvalue weighted by atomic mass is 10.0. The van der Waals surface area contributed by atoms with Gasteiger partial charge in [0.15, 0.2) is 11.8 Å². The molecule has 1 N–H and O–H groups in total. The van der Waals surface area contributed by atoms with Crippen LogP contribution in [-0.2, 0) is 4.79 Å². The van der Waals surface area contributed by atoms with E-state index in [9.17, 15) is 4.79 Å². The van der Waals surface area contributed by atoms with Crippen molar-refractivity contribution in [2.45, 2.75) is 31.9 Å². The van der Waals surface area contributed by atoms with Crippen LogP contribution in [0.2, 0.25) is 5.02 Å². The fourth-order valence-corrected chi connectivity index (χ4v) is 4.59. The van der Waals surface area contributed by atoms with Crippen LogP contribution in [0.4, 0.5) is 5.82 Å². The van der Waals surface area contributed by atoms with Crippen molar-refractivity contribution in [3.05, 3.63) is 71.9 Å². The molecule has 3 heterocycles. The van der Waals surface area contributed by atoms with Gasteiger partial charge in [0.05, 0.1) is 5.69 Å². The molecule has 35 heavy (non-hydrogen) atoms. The van der Waals surface area contributed by atoms with E-state index in [0.29, 0.717) is 35.0 Å². The Bertz CT molecular complexity index is 1340. The number of amides is 1. The molecule has 1 aliphatic heterocycles. The van der Waals surface area contributed by atoms with Gasteiger partial charge < -0.3 is 15.0 Å². The number of ether oxygens (including phenoxy) is 1. The molecule has 0 spiro atoms. The van der Waals surface area contributed by atoms with E-state index in [1.807, 2.05) is 65.6 Å². The lowest BCUT2D eigenvalue weighted by Crippen LogP contribution is -2.47. The van der Waals surface area contributed by atoms with Crippen LogP contribution in [0.25, 0.3) is 16.9 Å². The van der Waals surface area contributed by atoms with E-state index in [1.165, 1.54) is 0 Å². The molecule has 1 unspecified atom stereocenters. The molecule has 176 valence electrons. The molecule has 4 aromatic rings. The maximum atomic E-state index is 12.9. The molecule has 9 heteroatoms. The van der Waals surface area contributed by atoms with Crippen molar-refractivity contribution in [2.24, 2.45) is 0 Å². The molecule has 7 nitrogen and oxygen atoms in total. The second kappa shape index (κ2) is 10.00. The third-order valence-electron chi connectivity index (χ3n) is 6.21. The average molecular weight is 486 g/mol. The van der Waals surface area contributed by atoms with Gasteiger partial charge in [-0.05, 0) is 43.4 Å². The van der Waals surface area contributed by atoms with Crippen molar-refractivity contribution in [1.82, 2.24) is 19.5 Å². The quantitative estimate of drug-likeness (QED) is 0.422. The standard InChI is InChI=1S/C26H25BClN5O2/c1-17(35-19-7-3-2-4-8-19)26(34)32-13-11-18(12-14-32)30-24-15-23(20-9-5-6-10-22(20)28)31-25-21(27)16-29-33(24)25/h2-10,15-18,30H,11-14H2,1H3. The molecule has 0 bridgehead atoms. The first-order valence-corrected chi connectivity index (χ1v) is 12.0. The summed E-state index contributed by atoms with van der Waals surface area (Å²) in [6, 6.07) is 19.1. The molecule has 1 saturated heterocycles. The minimum atomic E-state index is -0.535. The van der Waals surface area contributed by atoms with Crippen LogP contribution in [0.3, 0.4) is 0 Å². The molecule has 1 atom stereocenters. The number of aromatic nitrogens is 3. The zero-order chi connectivity index (χ0) is 24.4. The van der Waals surface area contributed by atoms with E-state index in [1.54, 1.807) is 17.6 Å². The van der Waals surface area contributed by atoms with Gasteiger partial charge in [0, 0.05) is 42.0 Å². The Morgan fingerprint density at radius 2 is 1.86 bits per heavy atom. The highest BCUT2D eigenvalue weighted by atomic mass is 35.5. The van der Waals surface area contributed by atoms with E-state index >= 15 is 0 Å². The first kappa shape index (κ1) is 23.2. The Morgan fingerprint density at radius 3 is 2.60 bits per heavy atom. The third-order valence-corrected chi connectivity index (χ3v) is 6.54. The van der Waals surface area contributed by atoms with Crippen molar-refractivity contribution in [3.63, 3.8) is 0 Å². The lowest BCUT2D eigenvalue weighted by Gasteiger charge is -2.34. The summed E-state index contributed by atoms with van der Waals surface area (Å²) in [6.45, 7) is 3.09. The number of piperidine rings is 1. The second-order valence-corrected chi connectivity index (χ2v) is 9.07. The number of halogens is 1. The Morgan fingerprint density at radius 1 is 1.14 bits per heavy atom. The second-order valence-electron chi connectivity index (χ2n) is 8.66. The van der Waals surface area contributed by atoms with Gasteiger partial charge in [-0.2, -0.15) is 9.61 Å². The highest BCUT2D eigenvalue weighted by Crippen LogP contribution is 2.29. The van der Waals surface area contributed by atoms with E-state index in [2.05, 4.69) is 10.4 Å². The van der Waals surface area contributed by atoms with Crippen molar-refractivity contribution in [3.8, 4) is 17.0 Å². The molecule has 2 aromatic carbocycles. The maximum Gasteiger partial charge on any atom is 0.263 e. The summed E-state index contributed by atoms with van der Waals surface area (Å²) in [4.78, 5) is 19.5. The van der Waals surface area contributed by atoms with E-state index < -0.39 is 6.10 Å². The number of nitrogens with one attached hydrogen (secondary N) is 1. The number of rotatable bonds is 6. The highest BCUT2D eigenvalue weighted by Gasteiger charge is 2.27. The zero-order valence-corrected chi connectivity index (χ0v) is 20.2. The van der Waals surface area contributed by atoms with Crippen molar-refractivity contribution < 1.29 is 9.53 Å². The van der Waals surface area contributed by atoms with Crippen LogP contribution in [-0.4, -0.2) is 58.5 Å². The SMILES string of the molecule is [B]c1cnn2c(NC3CCN(C(=O)C(C)Oc4ccccc4)CC3)cc(-c3ccccc3Cl)nc12. The molecular formula is C26H25BClN5O2. The normalized spacial score (nSPS) is 15.2. The Kier molecular flexibility index (Phi) is 6.64. The number of carbonyl (C=O) groups excluding carboxylic acids is 1. The number of carbonyl (C=O) groups is 1. The van der Waals surface area contributed by atoms with Crippen LogP contribution in [0.5, 0.6) is 5.75 Å². The molecule has 1 amide bonds. The number of hydrogen-bond donors (Lipinski definition) is 1. The Labute approximate surface area is 210 Å². The molecule has 1 fully saturated rings. The first-order chi connectivity index (χ1) is 17.0. The number of likely N-dealkylation sites (tertiary alicyclic amines) is 1. The fourth-order valence-electron chi connectivity index (χ4n) is 4.35. The van der Waals surface area contributed by atoms with Crippen LogP contribution < -0.4 is 15.5 Å². The van der Waals surface area contributed by atoms with Gasteiger partial charge in [0.2, 0.25) is 0 Å². The predicted molar refractivity (Wildman–Crippen MR) is 139 cm³/mol. The first-order valence-electron chi connectivity index (χ1n) is 11.7. The van der Waals surface area contributed by atoms with Crippen LogP contribution in [0, 0.1) is 0 Å². The number of anilines is 1. The van der Waals surface area contributed by atoms with Gasteiger partial charge in [-0.25, -0.2) is 4.98 Å². The molecule has 0 saturated carbocycles. The summed E-state index contributed by atoms with van der Waals surface area (Å²) in [7, 11) is 6.14. The van der Waals surface area contributed by atoms with Gasteiger partial charge in [0.25, 0.3) is 5.91 Å². The summed E-state index contributed by atoms with van der Waals surface area (Å²) < 4.78 is 7.53. The fraction of sp³-hybridized carbons (Fsp3) is 0.269. The third kappa shape index (κ3) is 4.98. The smallest absolute Gasteiger partial charge is 0.263 e. The number of hydrogen-bond acceptors (Lipinski definition) is 5. The lowest BCUT2D eigenvalue weighted by molar-refractivity contribution is -0.138. The zero-order valence-electron chi connectivity index (χ0n) is 19.4. The molecule has 5 rings (SSSR count). The number of para-hydroxylation sites is 1. The van der Waals surface area contributed by atoms with Crippen molar-refractivity contribution in [1.29, 1.82) is 0 Å². The van der Waals surface area contributed by atoms with Gasteiger partial charge in [-0.1, -0.05) is 48.0 Å². The van der Waals surface area contributed by atoms with Crippen molar-refractivity contribution in [2.75, 3.05) is 18.4 Å². The monoisotopic (exact) mass is 485 g/mol. The highest BCUT2D eigenvalue weighted by molar-refractivity contribution is 6.36. The van der Waals surface area contributed by atoms with Gasteiger partial charge in [-0.15, -0.1) is 0 Å². The van der Waals surface area contributed by atoms with Crippen LogP contribution in [0.15, 0.2) is 66.9 Å². The number of benzene rings is 2. The van der Waals surface area contributed by atoms with E-state index in [0.717, 1.165) is 29.9 Å². The van der Waals surface area contributed by atoms with Crippen molar-refractivity contribution >= 4 is 42.3 Å². The maximum absolute atomic E-state index is 12.9. The molecule has 1 aliphatic rings. The number of fused-ring (bicyclic) bond motifs is 1. The minimum absolute atomic E-state index is 0.000500. The van der Waals surface area contributed by atoms with Crippen LogP contribution in [0.1, 0.15) is 19.8 Å². The Hall–Kier alpha value is -3.52. The largest absolute Gasteiger partial charge is 0.481 e. The van der Waals surface area contributed by atoms with E-state index in [-0.39, 0.29) is 11.9 Å². The topological polar surface area (TPSA) is 71.8 Å². The molecule has 2 aromatic heterocycles. The summed E-state index contributed by atoms with van der Waals surface area (Å²) in [5.41, 5.74) is 2.62. The summed E-state index contributed by atoms with van der Waals surface area (Å²) in [5.74, 6) is 1.48. The van der Waals surface area contributed by atoms with E-state index in [4.69, 9.17) is 29.2 Å². The molecule has 0 aliphatic carbocycles. The van der Waals surface area contributed by atoms with Crippen LogP contribution >= 0.6 is 11.6 Å². The molecule has 2 radical (unpaired) electrons. The summed E-state index contributed by atoms with van der Waals surface area (Å²) in [5, 5.41) is 8.61. The number of nitrogens with zero attached hydrogens (tertiary/aromatic N) is 4. The summed E-state index contributed by atoms with van der Waals surface area (Å²) in [6.07, 6.45) is 2.66. The predicted octanol–water partition coefficient (Wildman–Crippen LogP) is 3.71. The summed E-state index contributed by atoms with van der Waals surface area (Å²) >= 11 is 6.43. The average Bonchev–Trinajstić information content (AvgIpc) is 3.26. The van der Waals surface area contributed by atoms with Gasteiger partial charge in [0.1, 0.15) is 19.4 Å². The molecular weight excluding hydrogens is 461 g/mol. The minimum Gasteiger partial charge on any atom is -0.481 e. The van der Waals surface area contributed by atoms with Gasteiger partial charge >= 0.3 is 0 Å². The van der Waals surface area contributed by atoms with Gasteiger partial charge in [-0.3, -0.25) is 4.79 Å².